The Bertz CT molecular complexity index is 624. The summed E-state index contributed by atoms with van der Waals surface area (Å²) in [6, 6.07) is 0.322. The van der Waals surface area contributed by atoms with E-state index in [9.17, 15) is 0 Å². The summed E-state index contributed by atoms with van der Waals surface area (Å²) in [5.74, 6) is 1.13. The largest absolute Gasteiger partial charge is 0.349 e. The molecule has 1 unspecified atom stereocenters. The minimum absolute atomic E-state index is 0. The molecule has 24 heavy (non-hydrogen) atoms. The maximum atomic E-state index is 4.61. The highest BCUT2D eigenvalue weighted by molar-refractivity contribution is 7.15. The molecule has 3 rings (SSSR count). The highest BCUT2D eigenvalue weighted by Crippen LogP contribution is 2.27. The van der Waals surface area contributed by atoms with Crippen LogP contribution in [0.1, 0.15) is 30.6 Å². The van der Waals surface area contributed by atoms with Crippen LogP contribution in [0.25, 0.3) is 0 Å². The van der Waals surface area contributed by atoms with Gasteiger partial charge in [-0.2, -0.15) is 0 Å². The quantitative estimate of drug-likeness (QED) is 0.845. The third kappa shape index (κ3) is 4.08. The van der Waals surface area contributed by atoms with E-state index in [0.29, 0.717) is 6.04 Å². The SMILES string of the molecule is CCN(CC)c1ncc(CN2CCNCC2c2nccn2C)s1.Cl. The molecule has 0 amide bonds. The molecule has 0 aromatic carbocycles. The number of anilines is 1. The first-order valence-electron chi connectivity index (χ1n) is 8.34. The molecule has 0 saturated carbocycles. The maximum absolute atomic E-state index is 4.61. The van der Waals surface area contributed by atoms with E-state index >= 15 is 0 Å². The lowest BCUT2D eigenvalue weighted by molar-refractivity contribution is 0.146. The predicted molar refractivity (Wildman–Crippen MR) is 102 cm³/mol. The topological polar surface area (TPSA) is 49.2 Å². The summed E-state index contributed by atoms with van der Waals surface area (Å²) < 4.78 is 2.12. The van der Waals surface area contributed by atoms with E-state index in [4.69, 9.17) is 0 Å². The van der Waals surface area contributed by atoms with Gasteiger partial charge >= 0.3 is 0 Å². The summed E-state index contributed by atoms with van der Waals surface area (Å²) in [6.07, 6.45) is 5.94. The van der Waals surface area contributed by atoms with Crippen molar-refractivity contribution < 1.29 is 0 Å². The number of aryl methyl sites for hydroxylation is 1. The van der Waals surface area contributed by atoms with E-state index < -0.39 is 0 Å². The van der Waals surface area contributed by atoms with Crippen LogP contribution in [0.4, 0.5) is 5.13 Å². The normalized spacial score (nSPS) is 18.4. The molecule has 0 aliphatic carbocycles. The zero-order valence-electron chi connectivity index (χ0n) is 14.6. The van der Waals surface area contributed by atoms with Crippen molar-refractivity contribution in [2.75, 3.05) is 37.6 Å². The smallest absolute Gasteiger partial charge is 0.185 e. The van der Waals surface area contributed by atoms with Crippen LogP contribution in [0.5, 0.6) is 0 Å². The summed E-state index contributed by atoms with van der Waals surface area (Å²) in [5.41, 5.74) is 0. The van der Waals surface area contributed by atoms with Crippen molar-refractivity contribution in [3.63, 3.8) is 0 Å². The summed E-state index contributed by atoms with van der Waals surface area (Å²) in [4.78, 5) is 15.3. The van der Waals surface area contributed by atoms with Gasteiger partial charge in [-0.05, 0) is 13.8 Å². The molecule has 2 aromatic heterocycles. The molecule has 0 radical (unpaired) electrons. The number of imidazole rings is 1. The van der Waals surface area contributed by atoms with Crippen LogP contribution in [0, 0.1) is 0 Å². The van der Waals surface area contributed by atoms with Gasteiger partial charge in [0.25, 0.3) is 0 Å². The van der Waals surface area contributed by atoms with Crippen molar-refractivity contribution in [3.05, 3.63) is 29.3 Å². The van der Waals surface area contributed by atoms with Crippen molar-refractivity contribution in [1.82, 2.24) is 24.8 Å². The number of aromatic nitrogens is 3. The van der Waals surface area contributed by atoms with Gasteiger partial charge < -0.3 is 14.8 Å². The fraction of sp³-hybridized carbons (Fsp3) is 0.625. The summed E-state index contributed by atoms with van der Waals surface area (Å²) in [5, 5.41) is 4.63. The first-order chi connectivity index (χ1) is 11.2. The van der Waals surface area contributed by atoms with E-state index in [-0.39, 0.29) is 12.4 Å². The van der Waals surface area contributed by atoms with E-state index in [1.807, 2.05) is 29.9 Å². The molecule has 2 aromatic rings. The minimum Gasteiger partial charge on any atom is -0.349 e. The zero-order valence-corrected chi connectivity index (χ0v) is 16.2. The van der Waals surface area contributed by atoms with E-state index in [2.05, 4.69) is 50.5 Å². The Morgan fingerprint density at radius 1 is 1.33 bits per heavy atom. The molecule has 0 bridgehead atoms. The number of rotatable bonds is 6. The standard InChI is InChI=1S/C16H26N6S.ClH/c1-4-21(5-2)16-19-10-13(23-16)12-22-9-6-17-11-14(22)15-18-7-8-20(15)3;/h7-8,10,14,17H,4-6,9,11-12H2,1-3H3;1H. The van der Waals surface area contributed by atoms with Gasteiger partial charge in [-0.25, -0.2) is 9.97 Å². The van der Waals surface area contributed by atoms with Gasteiger partial charge in [0, 0.05) is 69.8 Å². The Labute approximate surface area is 154 Å². The van der Waals surface area contributed by atoms with Gasteiger partial charge in [0.1, 0.15) is 5.82 Å². The first kappa shape index (κ1) is 19.2. The fourth-order valence-electron chi connectivity index (χ4n) is 3.10. The number of hydrogen-bond acceptors (Lipinski definition) is 6. The summed E-state index contributed by atoms with van der Waals surface area (Å²) in [7, 11) is 2.07. The van der Waals surface area contributed by atoms with Gasteiger partial charge in [0.15, 0.2) is 5.13 Å². The van der Waals surface area contributed by atoms with Gasteiger partial charge in [-0.3, -0.25) is 4.90 Å². The van der Waals surface area contributed by atoms with Gasteiger partial charge in [-0.15, -0.1) is 23.7 Å². The van der Waals surface area contributed by atoms with E-state index in [1.54, 1.807) is 0 Å². The Morgan fingerprint density at radius 2 is 2.12 bits per heavy atom. The molecule has 1 fully saturated rings. The minimum atomic E-state index is 0. The second kappa shape index (κ2) is 8.80. The average molecular weight is 371 g/mol. The lowest BCUT2D eigenvalue weighted by Gasteiger charge is -2.35. The molecule has 134 valence electrons. The van der Waals surface area contributed by atoms with Gasteiger partial charge in [-0.1, -0.05) is 0 Å². The van der Waals surface area contributed by atoms with Crippen molar-refractivity contribution in [3.8, 4) is 0 Å². The highest BCUT2D eigenvalue weighted by atomic mass is 35.5. The molecular weight excluding hydrogens is 344 g/mol. The number of hydrogen-bond donors (Lipinski definition) is 1. The Balaban J connectivity index is 0.00000208. The molecule has 1 atom stereocenters. The number of thiazole rings is 1. The molecule has 1 aliphatic rings. The highest BCUT2D eigenvalue weighted by Gasteiger charge is 2.27. The van der Waals surface area contributed by atoms with Crippen molar-refractivity contribution in [2.45, 2.75) is 26.4 Å². The monoisotopic (exact) mass is 370 g/mol. The average Bonchev–Trinajstić information content (AvgIpc) is 3.19. The van der Waals surface area contributed by atoms with Crippen LogP contribution >= 0.6 is 23.7 Å². The molecular formula is C16H27ClN6S. The number of piperazine rings is 1. The first-order valence-corrected chi connectivity index (χ1v) is 9.16. The van der Waals surface area contributed by atoms with Crippen LogP contribution in [0.2, 0.25) is 0 Å². The number of halogens is 1. The van der Waals surface area contributed by atoms with Crippen LogP contribution < -0.4 is 10.2 Å². The lowest BCUT2D eigenvalue weighted by Crippen LogP contribution is -2.46. The summed E-state index contributed by atoms with van der Waals surface area (Å²) in [6.45, 7) is 10.3. The third-order valence-corrected chi connectivity index (χ3v) is 5.49. The molecule has 1 aliphatic heterocycles. The molecule has 6 nitrogen and oxygen atoms in total. The molecule has 1 N–H and O–H groups in total. The predicted octanol–water partition coefficient (Wildman–Crippen LogP) is 2.29. The van der Waals surface area contributed by atoms with Crippen molar-refractivity contribution in [1.29, 1.82) is 0 Å². The zero-order chi connectivity index (χ0) is 16.2. The van der Waals surface area contributed by atoms with Crippen molar-refractivity contribution >= 4 is 28.9 Å². The second-order valence-corrected chi connectivity index (χ2v) is 6.96. The van der Waals surface area contributed by atoms with Crippen LogP contribution in [0.3, 0.4) is 0 Å². The van der Waals surface area contributed by atoms with Crippen LogP contribution in [-0.4, -0.2) is 52.2 Å². The number of nitrogens with one attached hydrogen (secondary N) is 1. The second-order valence-electron chi connectivity index (χ2n) is 5.87. The molecule has 1 saturated heterocycles. The maximum Gasteiger partial charge on any atom is 0.185 e. The van der Waals surface area contributed by atoms with Crippen LogP contribution in [-0.2, 0) is 13.6 Å². The summed E-state index contributed by atoms with van der Waals surface area (Å²) >= 11 is 1.81. The van der Waals surface area contributed by atoms with Gasteiger partial charge in [0.05, 0.1) is 6.04 Å². The van der Waals surface area contributed by atoms with Crippen molar-refractivity contribution in [2.24, 2.45) is 7.05 Å². The lowest BCUT2D eigenvalue weighted by atomic mass is 10.1. The fourth-order valence-corrected chi connectivity index (χ4v) is 4.16. The van der Waals surface area contributed by atoms with Gasteiger partial charge in [0.2, 0.25) is 0 Å². The molecule has 0 spiro atoms. The Morgan fingerprint density at radius 3 is 2.79 bits per heavy atom. The van der Waals surface area contributed by atoms with E-state index in [1.165, 1.54) is 4.88 Å². The third-order valence-electron chi connectivity index (χ3n) is 4.44. The molecule has 8 heteroatoms. The van der Waals surface area contributed by atoms with E-state index in [0.717, 1.165) is 50.2 Å². The van der Waals surface area contributed by atoms with Crippen LogP contribution in [0.15, 0.2) is 18.6 Å². The Kier molecular flexibility index (Phi) is 7.03. The Hall–Kier alpha value is -1.15. The molecule has 3 heterocycles. The number of nitrogens with zero attached hydrogens (tertiary/aromatic N) is 5.